The third-order valence-corrected chi connectivity index (χ3v) is 4.87. The minimum Gasteiger partial charge on any atom is -0.378 e. The van der Waals surface area contributed by atoms with Crippen LogP contribution in [0.25, 0.3) is 0 Å². The number of benzene rings is 1. The number of guanidine groups is 1. The van der Waals surface area contributed by atoms with Crippen LogP contribution >= 0.6 is 39.9 Å². The molecule has 2 aliphatic rings. The third-order valence-electron chi connectivity index (χ3n) is 4.38. The summed E-state index contributed by atoms with van der Waals surface area (Å²) in [4.78, 5) is 9.08. The highest BCUT2D eigenvalue weighted by atomic mass is 127. The minimum absolute atomic E-state index is 0. The zero-order chi connectivity index (χ0) is 16.9. The van der Waals surface area contributed by atoms with E-state index in [1.54, 1.807) is 0 Å². The van der Waals surface area contributed by atoms with Gasteiger partial charge < -0.3 is 25.0 Å². The van der Waals surface area contributed by atoms with Gasteiger partial charge in [-0.2, -0.15) is 0 Å². The molecule has 0 saturated carbocycles. The van der Waals surface area contributed by atoms with E-state index >= 15 is 0 Å². The van der Waals surface area contributed by atoms with Crippen LogP contribution in [0.3, 0.4) is 0 Å². The lowest BCUT2D eigenvalue weighted by atomic mass is 10.1. The van der Waals surface area contributed by atoms with Gasteiger partial charge in [-0.3, -0.25) is 0 Å². The second kappa shape index (κ2) is 9.94. The van der Waals surface area contributed by atoms with Gasteiger partial charge in [0.1, 0.15) is 0 Å². The molecule has 0 spiro atoms. The average Bonchev–Trinajstić information content (AvgIpc) is 2.61. The molecule has 0 amide bonds. The highest BCUT2D eigenvalue weighted by molar-refractivity contribution is 14.0. The Labute approximate surface area is 174 Å². The van der Waals surface area contributed by atoms with Crippen molar-refractivity contribution < 1.29 is 9.47 Å². The molecule has 140 valence electrons. The van der Waals surface area contributed by atoms with Gasteiger partial charge in [-0.1, -0.05) is 22.0 Å². The number of anilines is 1. The molecule has 2 aliphatic heterocycles. The van der Waals surface area contributed by atoms with E-state index in [9.17, 15) is 0 Å². The van der Waals surface area contributed by atoms with Gasteiger partial charge in [-0.05, 0) is 24.6 Å². The molecule has 0 aromatic heterocycles. The predicted molar refractivity (Wildman–Crippen MR) is 115 cm³/mol. The maximum absolute atomic E-state index is 6.19. The number of hydrogen-bond donors (Lipinski definition) is 1. The molecule has 25 heavy (non-hydrogen) atoms. The van der Waals surface area contributed by atoms with Crippen molar-refractivity contribution in [3.8, 4) is 0 Å². The molecule has 6 nitrogen and oxygen atoms in total. The Morgan fingerprint density at radius 2 is 2.04 bits per heavy atom. The molecule has 1 atom stereocenters. The molecule has 0 bridgehead atoms. The van der Waals surface area contributed by atoms with Crippen molar-refractivity contribution in [3.63, 3.8) is 0 Å². The third kappa shape index (κ3) is 5.70. The Balaban J connectivity index is 0.00000225. The summed E-state index contributed by atoms with van der Waals surface area (Å²) in [5, 5.41) is 0. The molecule has 2 heterocycles. The van der Waals surface area contributed by atoms with Crippen LogP contribution in [-0.4, -0.2) is 63.0 Å². The Morgan fingerprint density at radius 3 is 2.76 bits per heavy atom. The molecular weight excluding hydrogens is 499 g/mol. The largest absolute Gasteiger partial charge is 0.378 e. The maximum Gasteiger partial charge on any atom is 0.191 e. The van der Waals surface area contributed by atoms with Crippen molar-refractivity contribution in [2.45, 2.75) is 19.6 Å². The highest BCUT2D eigenvalue weighted by Crippen LogP contribution is 2.26. The smallest absolute Gasteiger partial charge is 0.191 e. The zero-order valence-corrected chi connectivity index (χ0v) is 18.4. The number of ether oxygens (including phenoxy) is 2. The van der Waals surface area contributed by atoms with E-state index in [1.807, 2.05) is 0 Å². The molecule has 2 saturated heterocycles. The summed E-state index contributed by atoms with van der Waals surface area (Å²) in [6.07, 6.45) is 0.198. The van der Waals surface area contributed by atoms with E-state index < -0.39 is 0 Å². The lowest BCUT2D eigenvalue weighted by molar-refractivity contribution is 0.00529. The number of aliphatic imine (C=N–C) groups is 1. The first kappa shape index (κ1) is 20.7. The fourth-order valence-electron chi connectivity index (χ4n) is 3.06. The van der Waals surface area contributed by atoms with E-state index in [-0.39, 0.29) is 30.1 Å². The topological polar surface area (TPSA) is 63.3 Å². The normalized spacial score (nSPS) is 21.8. The predicted octanol–water partition coefficient (Wildman–Crippen LogP) is 2.44. The van der Waals surface area contributed by atoms with E-state index in [0.29, 0.717) is 19.1 Å². The van der Waals surface area contributed by atoms with Crippen LogP contribution in [0.15, 0.2) is 27.7 Å². The summed E-state index contributed by atoms with van der Waals surface area (Å²) in [5.74, 6) is 0.598. The second-order valence-electron chi connectivity index (χ2n) is 6.17. The standard InChI is InChI=1S/C17H25BrN4O2.HI/c1-13-12-22(6-9-24-13)17(19)20-11-14-2-3-15(18)10-16(14)21-4-7-23-8-5-21;/h2-3,10,13H,4-9,11-12H2,1H3,(H2,19,20);1H. The van der Waals surface area contributed by atoms with Crippen LogP contribution in [0.5, 0.6) is 0 Å². The molecule has 1 aromatic rings. The summed E-state index contributed by atoms with van der Waals surface area (Å²) in [6, 6.07) is 6.33. The molecular formula is C17H26BrIN4O2. The summed E-state index contributed by atoms with van der Waals surface area (Å²) in [6.45, 7) is 8.29. The van der Waals surface area contributed by atoms with Gasteiger partial charge >= 0.3 is 0 Å². The Bertz CT molecular complexity index is 596. The first-order chi connectivity index (χ1) is 11.6. The van der Waals surface area contributed by atoms with E-state index in [4.69, 9.17) is 15.2 Å². The average molecular weight is 525 g/mol. The van der Waals surface area contributed by atoms with Crippen LogP contribution in [0.2, 0.25) is 0 Å². The molecule has 0 radical (unpaired) electrons. The number of halogens is 2. The van der Waals surface area contributed by atoms with E-state index in [2.05, 4.69) is 55.8 Å². The number of morpholine rings is 2. The molecule has 2 fully saturated rings. The van der Waals surface area contributed by atoms with Gasteiger partial charge in [-0.15, -0.1) is 24.0 Å². The molecule has 1 unspecified atom stereocenters. The van der Waals surface area contributed by atoms with Crippen LogP contribution < -0.4 is 10.6 Å². The van der Waals surface area contributed by atoms with Gasteiger partial charge in [0.25, 0.3) is 0 Å². The summed E-state index contributed by atoms with van der Waals surface area (Å²) >= 11 is 3.57. The van der Waals surface area contributed by atoms with Gasteiger partial charge in [0.15, 0.2) is 5.96 Å². The van der Waals surface area contributed by atoms with Crippen molar-refractivity contribution in [3.05, 3.63) is 28.2 Å². The van der Waals surface area contributed by atoms with Gasteiger partial charge in [0.05, 0.1) is 32.5 Å². The van der Waals surface area contributed by atoms with Crippen molar-refractivity contribution in [1.29, 1.82) is 0 Å². The first-order valence-corrected chi connectivity index (χ1v) is 9.20. The molecule has 0 aliphatic carbocycles. The lowest BCUT2D eigenvalue weighted by Crippen LogP contribution is -2.47. The Hall–Kier alpha value is -0.580. The summed E-state index contributed by atoms with van der Waals surface area (Å²) in [5.41, 5.74) is 8.59. The van der Waals surface area contributed by atoms with E-state index in [1.165, 1.54) is 11.3 Å². The summed E-state index contributed by atoms with van der Waals surface area (Å²) < 4.78 is 12.1. The quantitative estimate of drug-likeness (QED) is 0.374. The van der Waals surface area contributed by atoms with Gasteiger partial charge in [-0.25, -0.2) is 4.99 Å². The molecule has 2 N–H and O–H groups in total. The Kier molecular flexibility index (Phi) is 8.24. The van der Waals surface area contributed by atoms with Crippen LogP contribution in [0.4, 0.5) is 5.69 Å². The number of nitrogens with zero attached hydrogens (tertiary/aromatic N) is 3. The van der Waals surface area contributed by atoms with Crippen LogP contribution in [0, 0.1) is 0 Å². The second-order valence-corrected chi connectivity index (χ2v) is 7.09. The van der Waals surface area contributed by atoms with Crippen molar-refractivity contribution >= 4 is 51.6 Å². The van der Waals surface area contributed by atoms with Crippen molar-refractivity contribution in [2.75, 3.05) is 50.9 Å². The van der Waals surface area contributed by atoms with Crippen molar-refractivity contribution in [1.82, 2.24) is 4.90 Å². The minimum atomic E-state index is 0. The summed E-state index contributed by atoms with van der Waals surface area (Å²) in [7, 11) is 0. The van der Waals surface area contributed by atoms with Gasteiger partial charge in [0.2, 0.25) is 0 Å². The Morgan fingerprint density at radius 1 is 1.28 bits per heavy atom. The van der Waals surface area contributed by atoms with Crippen LogP contribution in [0.1, 0.15) is 12.5 Å². The zero-order valence-electron chi connectivity index (χ0n) is 14.5. The van der Waals surface area contributed by atoms with Gasteiger partial charge in [0, 0.05) is 36.3 Å². The number of hydrogen-bond acceptors (Lipinski definition) is 4. The fourth-order valence-corrected chi connectivity index (χ4v) is 3.41. The molecule has 1 aromatic carbocycles. The molecule has 3 rings (SSSR count). The van der Waals surface area contributed by atoms with Crippen LogP contribution in [-0.2, 0) is 16.0 Å². The maximum atomic E-state index is 6.19. The molecule has 8 heteroatoms. The SMILES string of the molecule is CC1CN(C(N)=NCc2ccc(Br)cc2N2CCOCC2)CCO1.I. The number of nitrogens with two attached hydrogens (primary N) is 1. The fraction of sp³-hybridized carbons (Fsp3) is 0.588. The first-order valence-electron chi connectivity index (χ1n) is 8.41. The number of rotatable bonds is 3. The highest BCUT2D eigenvalue weighted by Gasteiger charge is 2.19. The van der Waals surface area contributed by atoms with Crippen molar-refractivity contribution in [2.24, 2.45) is 10.7 Å². The monoisotopic (exact) mass is 524 g/mol. The van der Waals surface area contributed by atoms with E-state index in [0.717, 1.165) is 43.9 Å². The lowest BCUT2D eigenvalue weighted by Gasteiger charge is -2.32.